The average Bonchev–Trinajstić information content (AvgIpc) is 2.46. The third-order valence-electron chi connectivity index (χ3n) is 3.39. The molecule has 1 aromatic rings. The topological polar surface area (TPSA) is 75.4 Å². The molecule has 0 spiro atoms. The van der Waals surface area contributed by atoms with Crippen LogP contribution in [-0.2, 0) is 11.3 Å². The van der Waals surface area contributed by atoms with E-state index in [9.17, 15) is 9.59 Å². The number of benzene rings is 1. The van der Waals surface area contributed by atoms with E-state index >= 15 is 0 Å². The number of carbonyl (C=O) groups is 2. The number of hydrogen-bond donors (Lipinski definition) is 2. The van der Waals surface area contributed by atoms with Gasteiger partial charge in [0, 0.05) is 37.7 Å². The summed E-state index contributed by atoms with van der Waals surface area (Å²) < 4.78 is 0. The molecule has 0 aliphatic heterocycles. The summed E-state index contributed by atoms with van der Waals surface area (Å²) in [5, 5.41) is 2.84. The Kier molecular flexibility index (Phi) is 7.05. The molecule has 1 aromatic carbocycles. The van der Waals surface area contributed by atoms with Crippen LogP contribution < -0.4 is 11.1 Å². The van der Waals surface area contributed by atoms with Crippen LogP contribution in [0.2, 0.25) is 0 Å². The van der Waals surface area contributed by atoms with Crippen LogP contribution in [0.3, 0.4) is 0 Å². The fraction of sp³-hybridized carbons (Fsp3) is 0.529. The fourth-order valence-electron chi connectivity index (χ4n) is 2.07. The minimum Gasteiger partial charge on any atom is -0.352 e. The lowest BCUT2D eigenvalue weighted by molar-refractivity contribution is -0.133. The molecule has 0 radical (unpaired) electrons. The van der Waals surface area contributed by atoms with Crippen LogP contribution in [0, 0.1) is 5.92 Å². The normalized spacial score (nSPS) is 12.1. The summed E-state index contributed by atoms with van der Waals surface area (Å²) >= 11 is 0. The molecule has 0 saturated heterocycles. The highest BCUT2D eigenvalue weighted by Gasteiger charge is 2.13. The minimum absolute atomic E-state index is 0.0139. The van der Waals surface area contributed by atoms with Crippen molar-refractivity contribution in [2.24, 2.45) is 11.7 Å². The van der Waals surface area contributed by atoms with E-state index in [2.05, 4.69) is 5.32 Å². The monoisotopic (exact) mass is 305 g/mol. The van der Waals surface area contributed by atoms with Gasteiger partial charge in [0.15, 0.2) is 0 Å². The Labute approximate surface area is 132 Å². The Bertz CT molecular complexity index is 495. The Hall–Kier alpha value is -1.88. The molecule has 22 heavy (non-hydrogen) atoms. The van der Waals surface area contributed by atoms with Crippen molar-refractivity contribution in [2.45, 2.75) is 39.8 Å². The molecule has 5 nitrogen and oxygen atoms in total. The van der Waals surface area contributed by atoms with Gasteiger partial charge in [-0.1, -0.05) is 26.0 Å². The third-order valence-corrected chi connectivity index (χ3v) is 3.39. The molecule has 1 rings (SSSR count). The summed E-state index contributed by atoms with van der Waals surface area (Å²) in [5.74, 6) is -0.00322. The average molecular weight is 305 g/mol. The maximum absolute atomic E-state index is 11.9. The summed E-state index contributed by atoms with van der Waals surface area (Å²) in [6.45, 7) is 6.80. The molecule has 0 heterocycles. The van der Waals surface area contributed by atoms with Crippen LogP contribution in [0.15, 0.2) is 24.3 Å². The SMILES string of the molecule is CC(N)CCNC(=O)c1ccc(CN(C)C(=O)C(C)C)cc1. The lowest BCUT2D eigenvalue weighted by Gasteiger charge is -2.19. The van der Waals surface area contributed by atoms with E-state index in [-0.39, 0.29) is 23.8 Å². The van der Waals surface area contributed by atoms with Gasteiger partial charge >= 0.3 is 0 Å². The Morgan fingerprint density at radius 1 is 1.18 bits per heavy atom. The van der Waals surface area contributed by atoms with Gasteiger partial charge in [0.1, 0.15) is 0 Å². The lowest BCUT2D eigenvalue weighted by atomic mass is 10.1. The minimum atomic E-state index is -0.0983. The lowest BCUT2D eigenvalue weighted by Crippen LogP contribution is -2.30. The fourth-order valence-corrected chi connectivity index (χ4v) is 2.07. The summed E-state index contributed by atoms with van der Waals surface area (Å²) in [6, 6.07) is 7.40. The first kappa shape index (κ1) is 18.2. The second-order valence-electron chi connectivity index (χ2n) is 6.07. The summed E-state index contributed by atoms with van der Waals surface area (Å²) in [7, 11) is 1.79. The summed E-state index contributed by atoms with van der Waals surface area (Å²) in [6.07, 6.45) is 0.756. The van der Waals surface area contributed by atoms with Gasteiger partial charge in [0.05, 0.1) is 0 Å². The van der Waals surface area contributed by atoms with Crippen molar-refractivity contribution in [1.82, 2.24) is 10.2 Å². The van der Waals surface area contributed by atoms with Gasteiger partial charge < -0.3 is 16.0 Å². The maximum atomic E-state index is 11.9. The predicted octanol–water partition coefficient (Wildman–Crippen LogP) is 1.77. The molecule has 0 aromatic heterocycles. The van der Waals surface area contributed by atoms with Crippen molar-refractivity contribution in [2.75, 3.05) is 13.6 Å². The Morgan fingerprint density at radius 3 is 2.27 bits per heavy atom. The number of nitrogens with two attached hydrogens (primary N) is 1. The second-order valence-corrected chi connectivity index (χ2v) is 6.07. The molecule has 0 saturated carbocycles. The first-order valence-electron chi connectivity index (χ1n) is 7.69. The standard InChI is InChI=1S/C17H27N3O2/c1-12(2)17(22)20(4)11-14-5-7-15(8-6-14)16(21)19-10-9-13(3)18/h5-8,12-13H,9-11,18H2,1-4H3,(H,19,21). The smallest absolute Gasteiger partial charge is 0.251 e. The predicted molar refractivity (Wildman–Crippen MR) is 88.4 cm³/mol. The molecule has 3 N–H and O–H groups in total. The van der Waals surface area contributed by atoms with Crippen LogP contribution in [-0.4, -0.2) is 36.3 Å². The van der Waals surface area contributed by atoms with E-state index in [1.165, 1.54) is 0 Å². The van der Waals surface area contributed by atoms with Gasteiger partial charge in [-0.15, -0.1) is 0 Å². The molecule has 1 unspecified atom stereocenters. The van der Waals surface area contributed by atoms with Gasteiger partial charge in [-0.2, -0.15) is 0 Å². The zero-order chi connectivity index (χ0) is 16.7. The van der Waals surface area contributed by atoms with Gasteiger partial charge in [-0.3, -0.25) is 9.59 Å². The van der Waals surface area contributed by atoms with Gasteiger partial charge in [-0.25, -0.2) is 0 Å². The van der Waals surface area contributed by atoms with Crippen LogP contribution in [0.1, 0.15) is 43.1 Å². The number of nitrogens with one attached hydrogen (secondary N) is 1. The van der Waals surface area contributed by atoms with Crippen LogP contribution >= 0.6 is 0 Å². The zero-order valence-corrected chi connectivity index (χ0v) is 13.9. The first-order valence-corrected chi connectivity index (χ1v) is 7.69. The summed E-state index contributed by atoms with van der Waals surface area (Å²) in [5.41, 5.74) is 7.27. The second kappa shape index (κ2) is 8.54. The quantitative estimate of drug-likeness (QED) is 0.806. The van der Waals surface area contributed by atoms with E-state index < -0.39 is 0 Å². The Balaban J connectivity index is 2.55. The van der Waals surface area contributed by atoms with Gasteiger partial charge in [0.25, 0.3) is 5.91 Å². The highest BCUT2D eigenvalue weighted by Crippen LogP contribution is 2.09. The van der Waals surface area contributed by atoms with Crippen molar-refractivity contribution >= 4 is 11.8 Å². The third kappa shape index (κ3) is 5.85. The molecule has 0 aliphatic rings. The van der Waals surface area contributed by atoms with E-state index in [1.807, 2.05) is 32.9 Å². The molecule has 0 fully saturated rings. The van der Waals surface area contributed by atoms with E-state index in [4.69, 9.17) is 5.73 Å². The van der Waals surface area contributed by atoms with Crippen molar-refractivity contribution in [1.29, 1.82) is 0 Å². The van der Waals surface area contributed by atoms with Crippen LogP contribution in [0.25, 0.3) is 0 Å². The number of carbonyl (C=O) groups excluding carboxylic acids is 2. The van der Waals surface area contributed by atoms with E-state index in [0.29, 0.717) is 18.7 Å². The van der Waals surface area contributed by atoms with Crippen molar-refractivity contribution < 1.29 is 9.59 Å². The van der Waals surface area contributed by atoms with Gasteiger partial charge in [0.2, 0.25) is 5.91 Å². The molecule has 5 heteroatoms. The molecule has 2 amide bonds. The number of nitrogens with zero attached hydrogens (tertiary/aromatic N) is 1. The first-order chi connectivity index (χ1) is 10.3. The van der Waals surface area contributed by atoms with E-state index in [1.54, 1.807) is 24.1 Å². The number of hydrogen-bond acceptors (Lipinski definition) is 3. The molecule has 122 valence electrons. The Morgan fingerprint density at radius 2 is 1.77 bits per heavy atom. The van der Waals surface area contributed by atoms with Crippen molar-refractivity contribution in [3.8, 4) is 0 Å². The molecular weight excluding hydrogens is 278 g/mol. The molecule has 1 atom stereocenters. The molecule has 0 aliphatic carbocycles. The zero-order valence-electron chi connectivity index (χ0n) is 13.9. The largest absolute Gasteiger partial charge is 0.352 e. The van der Waals surface area contributed by atoms with Gasteiger partial charge in [-0.05, 0) is 31.0 Å². The van der Waals surface area contributed by atoms with Crippen LogP contribution in [0.5, 0.6) is 0 Å². The highest BCUT2D eigenvalue weighted by atomic mass is 16.2. The maximum Gasteiger partial charge on any atom is 0.251 e. The highest BCUT2D eigenvalue weighted by molar-refractivity contribution is 5.94. The van der Waals surface area contributed by atoms with Crippen LogP contribution in [0.4, 0.5) is 0 Å². The van der Waals surface area contributed by atoms with E-state index in [0.717, 1.165) is 12.0 Å². The summed E-state index contributed by atoms with van der Waals surface area (Å²) in [4.78, 5) is 25.5. The van der Waals surface area contributed by atoms with Crippen molar-refractivity contribution in [3.63, 3.8) is 0 Å². The molecular formula is C17H27N3O2. The number of amides is 2. The molecule has 0 bridgehead atoms. The van der Waals surface area contributed by atoms with Crippen molar-refractivity contribution in [3.05, 3.63) is 35.4 Å². The number of rotatable bonds is 7.